The predicted molar refractivity (Wildman–Crippen MR) is 95.6 cm³/mol. The lowest BCUT2D eigenvalue weighted by Crippen LogP contribution is -2.07. The highest BCUT2D eigenvalue weighted by molar-refractivity contribution is 5.55. The molecule has 0 radical (unpaired) electrons. The van der Waals surface area contributed by atoms with Gasteiger partial charge in [0, 0.05) is 18.0 Å². The molecule has 0 aliphatic heterocycles. The Kier molecular flexibility index (Phi) is 7.05. The zero-order chi connectivity index (χ0) is 16.5. The lowest BCUT2D eigenvalue weighted by molar-refractivity contribution is 0.256. The van der Waals surface area contributed by atoms with Crippen molar-refractivity contribution in [2.24, 2.45) is 5.92 Å². The molecule has 3 nitrogen and oxygen atoms in total. The van der Waals surface area contributed by atoms with Gasteiger partial charge >= 0.3 is 0 Å². The van der Waals surface area contributed by atoms with Crippen molar-refractivity contribution in [3.63, 3.8) is 0 Å². The molecule has 0 N–H and O–H groups in total. The molecule has 0 saturated carbocycles. The van der Waals surface area contributed by atoms with Crippen LogP contribution in [-0.4, -0.2) is 16.6 Å². The number of hydrogen-bond donors (Lipinski definition) is 0. The van der Waals surface area contributed by atoms with Crippen LogP contribution in [0.25, 0.3) is 11.4 Å². The van der Waals surface area contributed by atoms with Crippen molar-refractivity contribution in [2.45, 2.75) is 52.9 Å². The highest BCUT2D eigenvalue weighted by Crippen LogP contribution is 2.20. The van der Waals surface area contributed by atoms with Crippen LogP contribution in [0.2, 0.25) is 0 Å². The quantitative estimate of drug-likeness (QED) is 0.589. The Balaban J connectivity index is 1.93. The van der Waals surface area contributed by atoms with Gasteiger partial charge in [0.1, 0.15) is 5.75 Å². The van der Waals surface area contributed by atoms with Crippen LogP contribution in [0, 0.1) is 5.92 Å². The van der Waals surface area contributed by atoms with Crippen molar-refractivity contribution in [1.82, 2.24) is 9.97 Å². The van der Waals surface area contributed by atoms with Crippen LogP contribution >= 0.6 is 0 Å². The van der Waals surface area contributed by atoms with Crippen molar-refractivity contribution in [2.75, 3.05) is 6.61 Å². The number of benzene rings is 1. The first-order valence-electron chi connectivity index (χ1n) is 8.77. The van der Waals surface area contributed by atoms with Crippen molar-refractivity contribution < 1.29 is 4.74 Å². The molecule has 1 atom stereocenters. The lowest BCUT2D eigenvalue weighted by atomic mass is 10.1. The molecule has 0 spiro atoms. The molecule has 1 aromatic carbocycles. The summed E-state index contributed by atoms with van der Waals surface area (Å²) >= 11 is 0. The second-order valence-corrected chi connectivity index (χ2v) is 6.22. The van der Waals surface area contributed by atoms with Gasteiger partial charge in [-0.3, -0.25) is 0 Å². The van der Waals surface area contributed by atoms with Gasteiger partial charge in [0.25, 0.3) is 0 Å². The monoisotopic (exact) mass is 312 g/mol. The molecule has 1 unspecified atom stereocenters. The van der Waals surface area contributed by atoms with E-state index in [-0.39, 0.29) is 0 Å². The van der Waals surface area contributed by atoms with E-state index < -0.39 is 0 Å². The summed E-state index contributed by atoms with van der Waals surface area (Å²) in [6, 6.07) is 8.04. The maximum absolute atomic E-state index is 5.78. The molecule has 1 aromatic heterocycles. The highest BCUT2D eigenvalue weighted by atomic mass is 16.5. The van der Waals surface area contributed by atoms with E-state index in [0.717, 1.165) is 36.6 Å². The topological polar surface area (TPSA) is 35.0 Å². The standard InChI is InChI=1S/C20H28N2O/c1-4-6-7-8-17-13-21-20(22-14-17)18-9-11-19(12-10-18)23-15-16(3)5-2/h9-14,16H,4-8,15H2,1-3H3. The van der Waals surface area contributed by atoms with Crippen molar-refractivity contribution in [3.8, 4) is 17.1 Å². The average molecular weight is 312 g/mol. The van der Waals surface area contributed by atoms with Crippen LogP contribution in [0.1, 0.15) is 52.0 Å². The summed E-state index contributed by atoms with van der Waals surface area (Å²) in [6.45, 7) is 7.36. The normalized spacial score (nSPS) is 12.1. The van der Waals surface area contributed by atoms with E-state index in [1.807, 2.05) is 36.7 Å². The van der Waals surface area contributed by atoms with E-state index >= 15 is 0 Å². The first-order chi connectivity index (χ1) is 11.2. The third-order valence-electron chi connectivity index (χ3n) is 4.12. The fourth-order valence-electron chi connectivity index (χ4n) is 2.27. The molecule has 1 heterocycles. The van der Waals surface area contributed by atoms with Gasteiger partial charge in [0.15, 0.2) is 5.82 Å². The minimum Gasteiger partial charge on any atom is -0.493 e. The SMILES string of the molecule is CCCCCc1cnc(-c2ccc(OCC(C)CC)cc2)nc1. The Morgan fingerprint density at radius 2 is 1.70 bits per heavy atom. The fourth-order valence-corrected chi connectivity index (χ4v) is 2.27. The fraction of sp³-hybridized carbons (Fsp3) is 0.500. The van der Waals surface area contributed by atoms with Gasteiger partial charge in [-0.15, -0.1) is 0 Å². The van der Waals surface area contributed by atoms with E-state index in [1.165, 1.54) is 24.8 Å². The molecule has 124 valence electrons. The Morgan fingerprint density at radius 1 is 1.00 bits per heavy atom. The summed E-state index contributed by atoms with van der Waals surface area (Å²) < 4.78 is 5.78. The first-order valence-corrected chi connectivity index (χ1v) is 8.77. The van der Waals surface area contributed by atoms with E-state index in [0.29, 0.717) is 5.92 Å². The van der Waals surface area contributed by atoms with Crippen LogP contribution in [0.3, 0.4) is 0 Å². The molecule has 3 heteroatoms. The van der Waals surface area contributed by atoms with E-state index in [4.69, 9.17) is 4.74 Å². The molecule has 23 heavy (non-hydrogen) atoms. The molecule has 2 aromatic rings. The van der Waals surface area contributed by atoms with Crippen LogP contribution < -0.4 is 4.74 Å². The van der Waals surface area contributed by atoms with E-state index in [1.54, 1.807) is 0 Å². The number of unbranched alkanes of at least 4 members (excludes halogenated alkanes) is 2. The third kappa shape index (κ3) is 5.66. The zero-order valence-corrected chi connectivity index (χ0v) is 14.6. The number of aryl methyl sites for hydroxylation is 1. The van der Waals surface area contributed by atoms with Crippen molar-refractivity contribution >= 4 is 0 Å². The minimum atomic E-state index is 0.582. The average Bonchev–Trinajstić information content (AvgIpc) is 2.61. The number of rotatable bonds is 9. The summed E-state index contributed by atoms with van der Waals surface area (Å²) in [5.41, 5.74) is 2.25. The molecule has 0 bridgehead atoms. The Morgan fingerprint density at radius 3 is 2.30 bits per heavy atom. The van der Waals surface area contributed by atoms with Crippen LogP contribution in [0.15, 0.2) is 36.7 Å². The maximum atomic E-state index is 5.78. The van der Waals surface area contributed by atoms with Crippen LogP contribution in [0.4, 0.5) is 0 Å². The molecular weight excluding hydrogens is 284 g/mol. The van der Waals surface area contributed by atoms with Gasteiger partial charge in [0.05, 0.1) is 6.61 Å². The van der Waals surface area contributed by atoms with Gasteiger partial charge in [-0.1, -0.05) is 40.0 Å². The molecular formula is C20H28N2O. The Bertz CT molecular complexity index is 563. The van der Waals surface area contributed by atoms with Gasteiger partial charge in [-0.2, -0.15) is 0 Å². The highest BCUT2D eigenvalue weighted by Gasteiger charge is 2.04. The summed E-state index contributed by atoms with van der Waals surface area (Å²) in [5, 5.41) is 0. The summed E-state index contributed by atoms with van der Waals surface area (Å²) in [6.07, 6.45) is 9.81. The lowest BCUT2D eigenvalue weighted by Gasteiger charge is -2.11. The second kappa shape index (κ2) is 9.29. The zero-order valence-electron chi connectivity index (χ0n) is 14.6. The predicted octanol–water partition coefficient (Wildman–Crippen LogP) is 5.30. The third-order valence-corrected chi connectivity index (χ3v) is 4.12. The molecule has 0 fully saturated rings. The Hall–Kier alpha value is -1.90. The van der Waals surface area contributed by atoms with Gasteiger partial charge in [0.2, 0.25) is 0 Å². The summed E-state index contributed by atoms with van der Waals surface area (Å²) in [4.78, 5) is 8.99. The molecule has 2 rings (SSSR count). The number of nitrogens with zero attached hydrogens (tertiary/aromatic N) is 2. The van der Waals surface area contributed by atoms with Gasteiger partial charge in [-0.25, -0.2) is 9.97 Å². The van der Waals surface area contributed by atoms with Gasteiger partial charge in [-0.05, 0) is 48.6 Å². The molecule has 0 aliphatic carbocycles. The Labute approximate surface area is 140 Å². The maximum Gasteiger partial charge on any atom is 0.159 e. The minimum absolute atomic E-state index is 0.582. The molecule has 0 amide bonds. The van der Waals surface area contributed by atoms with Gasteiger partial charge < -0.3 is 4.74 Å². The number of aromatic nitrogens is 2. The smallest absolute Gasteiger partial charge is 0.159 e. The van der Waals surface area contributed by atoms with Crippen molar-refractivity contribution in [1.29, 1.82) is 0 Å². The second-order valence-electron chi connectivity index (χ2n) is 6.22. The molecule has 0 saturated heterocycles. The summed E-state index contributed by atoms with van der Waals surface area (Å²) in [5.74, 6) is 2.27. The van der Waals surface area contributed by atoms with E-state index in [2.05, 4.69) is 30.7 Å². The van der Waals surface area contributed by atoms with Crippen LogP contribution in [-0.2, 0) is 6.42 Å². The number of ether oxygens (including phenoxy) is 1. The molecule has 0 aliphatic rings. The van der Waals surface area contributed by atoms with Crippen LogP contribution in [0.5, 0.6) is 5.75 Å². The first kappa shape index (κ1) is 17.5. The van der Waals surface area contributed by atoms with Crippen molar-refractivity contribution in [3.05, 3.63) is 42.2 Å². The van der Waals surface area contributed by atoms with E-state index in [9.17, 15) is 0 Å². The largest absolute Gasteiger partial charge is 0.493 e. The summed E-state index contributed by atoms with van der Waals surface area (Å²) in [7, 11) is 0. The number of hydrogen-bond acceptors (Lipinski definition) is 3.